The molecule has 0 aliphatic carbocycles. The van der Waals surface area contributed by atoms with Crippen molar-refractivity contribution < 1.29 is 0 Å². The molecule has 0 aliphatic heterocycles. The Hall–Kier alpha value is -1.02. The Morgan fingerprint density at radius 1 is 1.19 bits per heavy atom. The number of hydrogen-bond acceptors (Lipinski definition) is 2. The molecule has 0 radical (unpaired) electrons. The van der Waals surface area contributed by atoms with E-state index in [1.54, 1.807) is 0 Å². The maximum atomic E-state index is 3.23. The van der Waals surface area contributed by atoms with Crippen molar-refractivity contribution in [1.29, 1.82) is 0 Å². The van der Waals surface area contributed by atoms with E-state index in [1.807, 2.05) is 7.05 Å². The van der Waals surface area contributed by atoms with Gasteiger partial charge in [-0.1, -0.05) is 32.0 Å². The van der Waals surface area contributed by atoms with Crippen molar-refractivity contribution in [2.45, 2.75) is 39.3 Å². The van der Waals surface area contributed by atoms with Crippen LogP contribution in [-0.4, -0.2) is 20.1 Å². The third-order valence-corrected chi connectivity index (χ3v) is 3.23. The Bertz CT molecular complexity index is 305. The molecule has 0 fully saturated rings. The summed E-state index contributed by atoms with van der Waals surface area (Å²) < 4.78 is 0. The maximum absolute atomic E-state index is 3.23. The summed E-state index contributed by atoms with van der Waals surface area (Å²) in [6.07, 6.45) is 2.39. The lowest BCUT2D eigenvalue weighted by Gasteiger charge is -2.30. The lowest BCUT2D eigenvalue weighted by atomic mass is 10.1. The third kappa shape index (κ3) is 2.99. The highest BCUT2D eigenvalue weighted by Crippen LogP contribution is 2.23. The number of rotatable bonds is 6. The van der Waals surface area contributed by atoms with Gasteiger partial charge in [-0.2, -0.15) is 0 Å². The lowest BCUT2D eigenvalue weighted by molar-refractivity contribution is 0.589. The Morgan fingerprint density at radius 3 is 2.38 bits per heavy atom. The summed E-state index contributed by atoms with van der Waals surface area (Å²) in [6, 6.07) is 9.28. The number of benzene rings is 1. The van der Waals surface area contributed by atoms with Gasteiger partial charge >= 0.3 is 0 Å². The van der Waals surface area contributed by atoms with E-state index in [0.717, 1.165) is 6.54 Å². The van der Waals surface area contributed by atoms with Gasteiger partial charge in [-0.3, -0.25) is 0 Å². The minimum absolute atomic E-state index is 0.637. The van der Waals surface area contributed by atoms with Crippen LogP contribution in [0.5, 0.6) is 0 Å². The fourth-order valence-electron chi connectivity index (χ4n) is 2.23. The quantitative estimate of drug-likeness (QED) is 0.792. The molecule has 0 atom stereocenters. The molecule has 0 saturated heterocycles. The van der Waals surface area contributed by atoms with E-state index in [-0.39, 0.29) is 0 Å². The van der Waals surface area contributed by atoms with Crippen LogP contribution < -0.4 is 10.2 Å². The monoisotopic (exact) mass is 220 g/mol. The van der Waals surface area contributed by atoms with Crippen molar-refractivity contribution >= 4 is 5.69 Å². The zero-order valence-corrected chi connectivity index (χ0v) is 11.0. The van der Waals surface area contributed by atoms with Crippen LogP contribution in [-0.2, 0) is 6.54 Å². The molecule has 1 N–H and O–H groups in total. The predicted octanol–water partition coefficient (Wildman–Crippen LogP) is 3.03. The van der Waals surface area contributed by atoms with Gasteiger partial charge in [0.15, 0.2) is 0 Å². The van der Waals surface area contributed by atoms with Gasteiger partial charge in [0, 0.05) is 25.3 Å². The molecule has 0 bridgehead atoms. The van der Waals surface area contributed by atoms with Crippen molar-refractivity contribution in [2.24, 2.45) is 0 Å². The van der Waals surface area contributed by atoms with Crippen LogP contribution in [0.2, 0.25) is 0 Å². The summed E-state index contributed by atoms with van der Waals surface area (Å²) in [5.74, 6) is 0. The molecule has 0 aromatic heterocycles. The standard InChI is InChI=1S/C14H24N2/c1-5-13(6-2)16(4)14-10-8-7-9-12(14)11-15-3/h7-10,13,15H,5-6,11H2,1-4H3. The lowest BCUT2D eigenvalue weighted by Crippen LogP contribution is -2.31. The van der Waals surface area contributed by atoms with Crippen molar-refractivity contribution in [2.75, 3.05) is 19.0 Å². The van der Waals surface area contributed by atoms with Crippen LogP contribution in [0, 0.1) is 0 Å². The van der Waals surface area contributed by atoms with Crippen LogP contribution >= 0.6 is 0 Å². The van der Waals surface area contributed by atoms with E-state index in [0.29, 0.717) is 6.04 Å². The largest absolute Gasteiger partial charge is 0.371 e. The average Bonchev–Trinajstić information content (AvgIpc) is 2.31. The van der Waals surface area contributed by atoms with Crippen LogP contribution in [0.3, 0.4) is 0 Å². The van der Waals surface area contributed by atoms with Gasteiger partial charge in [-0.15, -0.1) is 0 Å². The highest BCUT2D eigenvalue weighted by Gasteiger charge is 2.13. The molecule has 90 valence electrons. The molecule has 1 aromatic rings. The molecule has 0 aliphatic rings. The number of nitrogens with zero attached hydrogens (tertiary/aromatic N) is 1. The number of hydrogen-bond donors (Lipinski definition) is 1. The van der Waals surface area contributed by atoms with E-state index >= 15 is 0 Å². The van der Waals surface area contributed by atoms with E-state index < -0.39 is 0 Å². The molecule has 1 aromatic carbocycles. The summed E-state index contributed by atoms with van der Waals surface area (Å²) in [5, 5.41) is 3.23. The summed E-state index contributed by atoms with van der Waals surface area (Å²) in [4.78, 5) is 2.41. The van der Waals surface area contributed by atoms with Gasteiger partial charge in [-0.25, -0.2) is 0 Å². The van der Waals surface area contributed by atoms with Crippen LogP contribution in [0.4, 0.5) is 5.69 Å². The van der Waals surface area contributed by atoms with Gasteiger partial charge in [0.05, 0.1) is 0 Å². The molecule has 0 spiro atoms. The van der Waals surface area contributed by atoms with E-state index in [2.05, 4.69) is 55.4 Å². The normalized spacial score (nSPS) is 10.8. The molecular formula is C14H24N2. The van der Waals surface area contributed by atoms with Gasteiger partial charge in [0.2, 0.25) is 0 Å². The number of anilines is 1. The molecule has 16 heavy (non-hydrogen) atoms. The first-order valence-corrected chi connectivity index (χ1v) is 6.19. The minimum atomic E-state index is 0.637. The second-order valence-corrected chi connectivity index (χ2v) is 4.24. The minimum Gasteiger partial charge on any atom is -0.371 e. The fourth-order valence-corrected chi connectivity index (χ4v) is 2.23. The second-order valence-electron chi connectivity index (χ2n) is 4.24. The molecule has 2 nitrogen and oxygen atoms in total. The van der Waals surface area contributed by atoms with Crippen LogP contribution in [0.1, 0.15) is 32.3 Å². The van der Waals surface area contributed by atoms with Crippen molar-refractivity contribution in [1.82, 2.24) is 5.32 Å². The van der Waals surface area contributed by atoms with Crippen LogP contribution in [0.25, 0.3) is 0 Å². The van der Waals surface area contributed by atoms with E-state index in [9.17, 15) is 0 Å². The molecule has 0 amide bonds. The zero-order chi connectivity index (χ0) is 12.0. The van der Waals surface area contributed by atoms with Crippen molar-refractivity contribution in [3.8, 4) is 0 Å². The van der Waals surface area contributed by atoms with Gasteiger partial charge in [-0.05, 0) is 31.5 Å². The molecule has 0 heterocycles. The zero-order valence-electron chi connectivity index (χ0n) is 11.0. The fraction of sp³-hybridized carbons (Fsp3) is 0.571. The highest BCUT2D eigenvalue weighted by atomic mass is 15.1. The number of para-hydroxylation sites is 1. The second kappa shape index (κ2) is 6.54. The Balaban J connectivity index is 2.92. The summed E-state index contributed by atoms with van der Waals surface area (Å²) in [6.45, 7) is 5.44. The van der Waals surface area contributed by atoms with Crippen LogP contribution in [0.15, 0.2) is 24.3 Å². The smallest absolute Gasteiger partial charge is 0.0411 e. The Morgan fingerprint density at radius 2 is 1.81 bits per heavy atom. The third-order valence-electron chi connectivity index (χ3n) is 3.23. The average molecular weight is 220 g/mol. The predicted molar refractivity (Wildman–Crippen MR) is 72.0 cm³/mol. The van der Waals surface area contributed by atoms with Crippen molar-refractivity contribution in [3.05, 3.63) is 29.8 Å². The van der Waals surface area contributed by atoms with Crippen molar-refractivity contribution in [3.63, 3.8) is 0 Å². The van der Waals surface area contributed by atoms with Gasteiger partial charge in [0.25, 0.3) is 0 Å². The topological polar surface area (TPSA) is 15.3 Å². The first-order valence-electron chi connectivity index (χ1n) is 6.19. The summed E-state index contributed by atoms with van der Waals surface area (Å²) >= 11 is 0. The Kier molecular flexibility index (Phi) is 5.33. The number of nitrogens with one attached hydrogen (secondary N) is 1. The molecule has 2 heteroatoms. The van der Waals surface area contributed by atoms with Gasteiger partial charge in [0.1, 0.15) is 0 Å². The van der Waals surface area contributed by atoms with E-state index in [4.69, 9.17) is 0 Å². The maximum Gasteiger partial charge on any atom is 0.0411 e. The molecule has 0 unspecified atom stereocenters. The molecule has 1 rings (SSSR count). The first kappa shape index (κ1) is 13.0. The molecule has 0 saturated carbocycles. The SMILES string of the molecule is CCC(CC)N(C)c1ccccc1CNC. The Labute approximate surface area is 99.7 Å². The van der Waals surface area contributed by atoms with E-state index in [1.165, 1.54) is 24.1 Å². The molecular weight excluding hydrogens is 196 g/mol. The highest BCUT2D eigenvalue weighted by molar-refractivity contribution is 5.53. The van der Waals surface area contributed by atoms with Gasteiger partial charge < -0.3 is 10.2 Å². The summed E-state index contributed by atoms with van der Waals surface area (Å²) in [5.41, 5.74) is 2.73. The summed E-state index contributed by atoms with van der Waals surface area (Å²) in [7, 11) is 4.19. The first-order chi connectivity index (χ1) is 7.74.